The minimum absolute atomic E-state index is 0.269. The van der Waals surface area contributed by atoms with Crippen LogP contribution in [0.15, 0.2) is 38.6 Å². The lowest BCUT2D eigenvalue weighted by molar-refractivity contribution is 0.474. The summed E-state index contributed by atoms with van der Waals surface area (Å²) in [6.07, 6.45) is 7.30. The number of aliphatic imine (C=N–C) groups is 1. The molecular weight excluding hydrogens is 537 g/mol. The number of nitrogens with zero attached hydrogens (tertiary/aromatic N) is 6. The van der Waals surface area contributed by atoms with Gasteiger partial charge in [-0.3, -0.25) is 0 Å². The van der Waals surface area contributed by atoms with Crippen LogP contribution in [0, 0.1) is 27.7 Å². The summed E-state index contributed by atoms with van der Waals surface area (Å²) in [4.78, 5) is 20.2. The Morgan fingerprint density at radius 1 is 0.950 bits per heavy atom. The Morgan fingerprint density at radius 3 is 2.27 bits per heavy atom. The standard InChI is InChI=1S/C31H38N6OS2/c1-7-23-13-20(4)27(21(5)14-23)28-33-29(32-17-26-18(2)15-24(38)16-19(26)3)37-22(6)36-40-31(35-30(37)34-28)39-25-11-9-8-10-12-25/h13-16,25,38H,7-12,17H2,1-6H3. The molecule has 0 bridgehead atoms. The summed E-state index contributed by atoms with van der Waals surface area (Å²) >= 11 is 3.26. The maximum Gasteiger partial charge on any atom is 0.241 e. The molecule has 2 aromatic carbocycles. The Kier molecular flexibility index (Phi) is 8.80. The zero-order chi connectivity index (χ0) is 28.4. The minimum Gasteiger partial charge on any atom is -0.508 e. The van der Waals surface area contributed by atoms with E-state index in [1.54, 1.807) is 12.1 Å². The first kappa shape index (κ1) is 28.6. The van der Waals surface area contributed by atoms with E-state index in [9.17, 15) is 5.11 Å². The van der Waals surface area contributed by atoms with E-state index in [-0.39, 0.29) is 5.75 Å². The van der Waals surface area contributed by atoms with Gasteiger partial charge >= 0.3 is 0 Å². The molecule has 2 heterocycles. The van der Waals surface area contributed by atoms with Crippen LogP contribution in [-0.4, -0.2) is 35.1 Å². The number of rotatable bonds is 5. The summed E-state index contributed by atoms with van der Waals surface area (Å²) in [5.74, 6) is 2.21. The molecule has 3 aromatic rings. The molecule has 210 valence electrons. The van der Waals surface area contributed by atoms with E-state index in [0.29, 0.717) is 29.2 Å². The molecule has 9 heteroatoms. The molecule has 40 heavy (non-hydrogen) atoms. The van der Waals surface area contributed by atoms with E-state index in [1.807, 2.05) is 37.1 Å². The van der Waals surface area contributed by atoms with Crippen LogP contribution in [0.2, 0.25) is 0 Å². The van der Waals surface area contributed by atoms with Gasteiger partial charge in [0.2, 0.25) is 11.6 Å². The van der Waals surface area contributed by atoms with E-state index in [1.165, 1.54) is 49.6 Å². The highest BCUT2D eigenvalue weighted by Crippen LogP contribution is 2.35. The van der Waals surface area contributed by atoms with Gasteiger partial charge in [0.15, 0.2) is 10.2 Å². The molecule has 1 aliphatic heterocycles. The van der Waals surface area contributed by atoms with Crippen LogP contribution in [0.3, 0.4) is 0 Å². The molecule has 1 saturated carbocycles. The molecule has 0 atom stereocenters. The fourth-order valence-electron chi connectivity index (χ4n) is 5.59. The van der Waals surface area contributed by atoms with Crippen molar-refractivity contribution in [2.45, 2.75) is 91.9 Å². The number of hydrogen-bond acceptors (Lipinski definition) is 8. The lowest BCUT2D eigenvalue weighted by Gasteiger charge is -2.20. The number of aromatic hydroxyl groups is 1. The van der Waals surface area contributed by atoms with Crippen molar-refractivity contribution < 1.29 is 5.11 Å². The van der Waals surface area contributed by atoms with E-state index < -0.39 is 0 Å². The molecule has 0 spiro atoms. The SMILES string of the molecule is CCc1cc(C)c(-c2nc3n(c(=NCc4c(C)cc(O)cc4C)n2)C(C)=NSC(SC2CCCCC2)=N3)c(C)c1. The number of phenols is 1. The normalized spacial score (nSPS) is 16.4. The van der Waals surface area contributed by atoms with Crippen LogP contribution < -0.4 is 5.62 Å². The molecule has 0 saturated heterocycles. The third-order valence-electron chi connectivity index (χ3n) is 7.69. The van der Waals surface area contributed by atoms with Crippen molar-refractivity contribution in [1.29, 1.82) is 0 Å². The molecule has 0 amide bonds. The highest BCUT2D eigenvalue weighted by molar-refractivity contribution is 8.38. The largest absolute Gasteiger partial charge is 0.508 e. The van der Waals surface area contributed by atoms with Gasteiger partial charge in [-0.25, -0.2) is 9.56 Å². The second-order valence-electron chi connectivity index (χ2n) is 10.8. The van der Waals surface area contributed by atoms with Gasteiger partial charge in [-0.2, -0.15) is 19.4 Å². The van der Waals surface area contributed by atoms with E-state index >= 15 is 0 Å². The zero-order valence-corrected chi connectivity index (χ0v) is 25.9. The van der Waals surface area contributed by atoms with E-state index in [0.717, 1.165) is 50.0 Å². The molecular formula is C31H38N6OS2. The van der Waals surface area contributed by atoms with Gasteiger partial charge in [0.25, 0.3) is 0 Å². The molecule has 5 rings (SSSR count). The van der Waals surface area contributed by atoms with Crippen LogP contribution in [0.5, 0.6) is 5.75 Å². The first-order chi connectivity index (χ1) is 19.2. The Morgan fingerprint density at radius 2 is 1.62 bits per heavy atom. The van der Waals surface area contributed by atoms with Gasteiger partial charge in [0, 0.05) is 22.8 Å². The Bertz CT molecular complexity index is 1520. The van der Waals surface area contributed by atoms with Crippen molar-refractivity contribution in [1.82, 2.24) is 14.5 Å². The van der Waals surface area contributed by atoms with Gasteiger partial charge in [0.05, 0.1) is 6.54 Å². The predicted molar refractivity (Wildman–Crippen MR) is 169 cm³/mol. The first-order valence-electron chi connectivity index (χ1n) is 14.1. The lowest BCUT2D eigenvalue weighted by Crippen LogP contribution is -2.30. The fraction of sp³-hybridized carbons (Fsp3) is 0.452. The van der Waals surface area contributed by atoms with Crippen molar-refractivity contribution in [2.24, 2.45) is 14.4 Å². The van der Waals surface area contributed by atoms with Gasteiger partial charge in [-0.15, -0.1) is 0 Å². The van der Waals surface area contributed by atoms with E-state index in [4.69, 9.17) is 24.4 Å². The van der Waals surface area contributed by atoms with Crippen LogP contribution in [-0.2, 0) is 13.0 Å². The molecule has 1 fully saturated rings. The number of hydrogen-bond donors (Lipinski definition) is 1. The third kappa shape index (κ3) is 6.20. The maximum absolute atomic E-state index is 10.0. The van der Waals surface area contributed by atoms with Crippen LogP contribution in [0.1, 0.15) is 79.3 Å². The first-order valence-corrected chi connectivity index (χ1v) is 15.8. The average molecular weight is 575 g/mol. The molecule has 0 radical (unpaired) electrons. The van der Waals surface area contributed by atoms with Crippen molar-refractivity contribution in [3.8, 4) is 17.1 Å². The van der Waals surface area contributed by atoms with Crippen molar-refractivity contribution in [3.05, 3.63) is 63.3 Å². The van der Waals surface area contributed by atoms with Crippen LogP contribution >= 0.6 is 23.7 Å². The summed E-state index contributed by atoms with van der Waals surface area (Å²) in [7, 11) is 0. The van der Waals surface area contributed by atoms with Gasteiger partial charge < -0.3 is 5.11 Å². The Balaban J connectivity index is 1.68. The molecule has 7 nitrogen and oxygen atoms in total. The third-order valence-corrected chi connectivity index (χ3v) is 9.90. The average Bonchev–Trinajstić information content (AvgIpc) is 3.06. The van der Waals surface area contributed by atoms with Gasteiger partial charge in [0.1, 0.15) is 11.6 Å². The van der Waals surface area contributed by atoms with Crippen molar-refractivity contribution in [3.63, 3.8) is 0 Å². The topological polar surface area (TPSA) is 88.0 Å². The number of fused-ring (bicyclic) bond motifs is 1. The monoisotopic (exact) mass is 574 g/mol. The second-order valence-corrected chi connectivity index (χ2v) is 13.1. The smallest absolute Gasteiger partial charge is 0.241 e. The molecule has 2 aliphatic rings. The van der Waals surface area contributed by atoms with Crippen molar-refractivity contribution in [2.75, 3.05) is 0 Å². The highest BCUT2D eigenvalue weighted by Gasteiger charge is 2.22. The Hall–Kier alpha value is -2.91. The lowest BCUT2D eigenvalue weighted by atomic mass is 9.98. The second kappa shape index (κ2) is 12.3. The highest BCUT2D eigenvalue weighted by atomic mass is 32.2. The summed E-state index contributed by atoms with van der Waals surface area (Å²) in [5, 5.41) is 10.6. The predicted octanol–water partition coefficient (Wildman–Crippen LogP) is 7.53. The summed E-state index contributed by atoms with van der Waals surface area (Å²) in [6, 6.07) is 8.00. The molecule has 1 aromatic heterocycles. The summed E-state index contributed by atoms with van der Waals surface area (Å²) in [6.45, 7) is 12.8. The van der Waals surface area contributed by atoms with Gasteiger partial charge in [-0.1, -0.05) is 50.1 Å². The summed E-state index contributed by atoms with van der Waals surface area (Å²) < 4.78 is 7.61. The van der Waals surface area contributed by atoms with Crippen LogP contribution in [0.25, 0.3) is 11.4 Å². The maximum atomic E-state index is 10.0. The molecule has 1 N–H and O–H groups in total. The van der Waals surface area contributed by atoms with Gasteiger partial charge in [-0.05, 0) is 99.4 Å². The number of thioether (sulfide) groups is 1. The molecule has 0 unspecified atom stereocenters. The summed E-state index contributed by atoms with van der Waals surface area (Å²) in [5.41, 5.74) is 8.21. The Labute approximate surface area is 245 Å². The fourth-order valence-corrected chi connectivity index (χ4v) is 7.68. The zero-order valence-electron chi connectivity index (χ0n) is 24.3. The minimum atomic E-state index is 0.269. The van der Waals surface area contributed by atoms with Crippen LogP contribution in [0.4, 0.5) is 5.95 Å². The van der Waals surface area contributed by atoms with E-state index in [2.05, 4.69) is 32.9 Å². The number of benzene rings is 2. The number of phenolic OH excluding ortho intramolecular Hbond substituents is 1. The quantitative estimate of drug-likeness (QED) is 0.318. The van der Waals surface area contributed by atoms with Crippen molar-refractivity contribution >= 4 is 39.9 Å². The molecule has 1 aliphatic carbocycles. The number of aryl methyl sites for hydroxylation is 5. The number of aromatic nitrogens is 3.